The summed E-state index contributed by atoms with van der Waals surface area (Å²) in [4.78, 5) is 4.54. The summed E-state index contributed by atoms with van der Waals surface area (Å²) >= 11 is 0. The SMILES string of the molecule is Cc1nc2c3c(ccn2c1C)[C@H](OCC(F)(F)F)C[C@@](O)(c1ccccc1)N3. The Bertz CT molecular complexity index is 1020. The molecule has 0 radical (unpaired) electrons. The van der Waals surface area contributed by atoms with Crippen LogP contribution >= 0.6 is 0 Å². The van der Waals surface area contributed by atoms with Crippen LogP contribution in [0, 0.1) is 13.8 Å². The lowest BCUT2D eigenvalue weighted by molar-refractivity contribution is -0.192. The number of nitrogens with one attached hydrogen (secondary N) is 1. The maximum Gasteiger partial charge on any atom is 0.411 e. The second kappa shape index (κ2) is 6.49. The molecular formula is C20H20F3N3O2. The Morgan fingerprint density at radius 1 is 1.25 bits per heavy atom. The van der Waals surface area contributed by atoms with Gasteiger partial charge in [0.1, 0.15) is 6.61 Å². The minimum atomic E-state index is -4.46. The van der Waals surface area contributed by atoms with E-state index in [4.69, 9.17) is 4.74 Å². The number of benzene rings is 1. The van der Waals surface area contributed by atoms with E-state index < -0.39 is 24.6 Å². The van der Waals surface area contributed by atoms with Gasteiger partial charge < -0.3 is 19.6 Å². The Morgan fingerprint density at radius 3 is 2.64 bits per heavy atom. The van der Waals surface area contributed by atoms with Crippen LogP contribution in [0.15, 0.2) is 42.6 Å². The molecule has 0 amide bonds. The van der Waals surface area contributed by atoms with Crippen LogP contribution in [0.4, 0.5) is 18.9 Å². The molecule has 0 fully saturated rings. The van der Waals surface area contributed by atoms with Gasteiger partial charge in [-0.05, 0) is 19.9 Å². The van der Waals surface area contributed by atoms with Gasteiger partial charge in [0, 0.05) is 29.4 Å². The summed E-state index contributed by atoms with van der Waals surface area (Å²) in [5.74, 6) is 0. The summed E-state index contributed by atoms with van der Waals surface area (Å²) in [6.07, 6.45) is -3.69. The number of pyridine rings is 1. The predicted octanol–water partition coefficient (Wildman–Crippen LogP) is 4.23. The Morgan fingerprint density at radius 2 is 1.96 bits per heavy atom. The van der Waals surface area contributed by atoms with Gasteiger partial charge in [-0.2, -0.15) is 13.2 Å². The molecule has 3 heterocycles. The molecule has 1 aliphatic rings. The first-order valence-electron chi connectivity index (χ1n) is 8.90. The quantitative estimate of drug-likeness (QED) is 0.702. The van der Waals surface area contributed by atoms with Crippen molar-refractivity contribution in [1.29, 1.82) is 0 Å². The molecule has 5 nitrogen and oxygen atoms in total. The summed E-state index contributed by atoms with van der Waals surface area (Å²) in [5.41, 5.74) is 2.24. The molecule has 0 unspecified atom stereocenters. The normalized spacial score (nSPS) is 22.1. The maximum atomic E-state index is 12.8. The molecule has 1 aromatic carbocycles. The number of rotatable bonds is 3. The van der Waals surface area contributed by atoms with Crippen LogP contribution in [0.5, 0.6) is 0 Å². The molecule has 2 aromatic heterocycles. The zero-order chi connectivity index (χ0) is 20.1. The number of alkyl halides is 3. The van der Waals surface area contributed by atoms with Gasteiger partial charge in [-0.3, -0.25) is 0 Å². The van der Waals surface area contributed by atoms with E-state index in [1.165, 1.54) is 0 Å². The number of aryl methyl sites for hydroxylation is 2. The van der Waals surface area contributed by atoms with Crippen LogP contribution in [0.25, 0.3) is 5.65 Å². The molecule has 2 N–H and O–H groups in total. The van der Waals surface area contributed by atoms with E-state index >= 15 is 0 Å². The third kappa shape index (κ3) is 3.22. The van der Waals surface area contributed by atoms with Gasteiger partial charge >= 0.3 is 6.18 Å². The average Bonchev–Trinajstić information content (AvgIpc) is 2.95. The second-order valence-electron chi connectivity index (χ2n) is 7.09. The molecule has 0 aliphatic carbocycles. The van der Waals surface area contributed by atoms with E-state index in [9.17, 15) is 18.3 Å². The van der Waals surface area contributed by atoms with Crippen molar-refractivity contribution in [2.75, 3.05) is 11.9 Å². The van der Waals surface area contributed by atoms with Gasteiger partial charge in [0.05, 0.1) is 17.5 Å². The summed E-state index contributed by atoms with van der Waals surface area (Å²) in [6, 6.07) is 10.5. The van der Waals surface area contributed by atoms with E-state index in [1.807, 2.05) is 18.2 Å². The molecule has 28 heavy (non-hydrogen) atoms. The molecule has 8 heteroatoms. The molecule has 0 saturated heterocycles. The molecule has 4 rings (SSSR count). The van der Waals surface area contributed by atoms with Crippen molar-refractivity contribution < 1.29 is 23.0 Å². The van der Waals surface area contributed by atoms with Gasteiger partial charge in [-0.1, -0.05) is 30.3 Å². The van der Waals surface area contributed by atoms with E-state index in [0.717, 1.165) is 11.4 Å². The number of aliphatic hydroxyl groups is 1. The van der Waals surface area contributed by atoms with E-state index in [0.29, 0.717) is 22.5 Å². The number of fused-ring (bicyclic) bond motifs is 3. The molecular weight excluding hydrogens is 371 g/mol. The number of imidazole rings is 1. The van der Waals surface area contributed by atoms with Crippen LogP contribution in [0.1, 0.15) is 35.0 Å². The van der Waals surface area contributed by atoms with Crippen molar-refractivity contribution >= 4 is 11.3 Å². The Labute approximate surface area is 159 Å². The minimum Gasteiger partial charge on any atom is -0.367 e. The topological polar surface area (TPSA) is 58.8 Å². The summed E-state index contributed by atoms with van der Waals surface area (Å²) in [5, 5.41) is 14.4. The number of anilines is 1. The van der Waals surface area contributed by atoms with Crippen LogP contribution < -0.4 is 5.32 Å². The lowest BCUT2D eigenvalue weighted by Crippen LogP contribution is -2.41. The number of halogens is 3. The Hall–Kier alpha value is -2.58. The summed E-state index contributed by atoms with van der Waals surface area (Å²) in [6.45, 7) is 2.38. The highest BCUT2D eigenvalue weighted by Crippen LogP contribution is 2.45. The number of hydrogen-bond acceptors (Lipinski definition) is 4. The highest BCUT2D eigenvalue weighted by molar-refractivity contribution is 5.75. The second-order valence-corrected chi connectivity index (χ2v) is 7.09. The summed E-state index contributed by atoms with van der Waals surface area (Å²) in [7, 11) is 0. The average molecular weight is 391 g/mol. The van der Waals surface area contributed by atoms with Gasteiger partial charge in [0.15, 0.2) is 11.4 Å². The molecule has 0 bridgehead atoms. The first-order valence-corrected chi connectivity index (χ1v) is 8.90. The van der Waals surface area contributed by atoms with Crippen molar-refractivity contribution in [3.8, 4) is 0 Å². The van der Waals surface area contributed by atoms with Crippen LogP contribution in [-0.2, 0) is 10.5 Å². The highest BCUT2D eigenvalue weighted by Gasteiger charge is 2.42. The van der Waals surface area contributed by atoms with Gasteiger partial charge in [0.25, 0.3) is 0 Å². The maximum absolute atomic E-state index is 12.8. The van der Waals surface area contributed by atoms with Gasteiger partial charge in [0.2, 0.25) is 0 Å². The number of ether oxygens (including phenoxy) is 1. The number of nitrogens with zero attached hydrogens (tertiary/aromatic N) is 2. The van der Waals surface area contributed by atoms with Gasteiger partial charge in [-0.25, -0.2) is 4.98 Å². The van der Waals surface area contributed by atoms with Crippen molar-refractivity contribution in [1.82, 2.24) is 9.38 Å². The molecule has 3 aromatic rings. The standard InChI is InChI=1S/C20H20F3N3O2/c1-12-13(2)26-9-8-15-16(28-11-20(21,22)23)10-19(27,14-6-4-3-5-7-14)25-17(15)18(26)24-12/h3-9,16,25,27H,10-11H2,1-2H3/t16-,19-/m1/s1. The first-order chi connectivity index (χ1) is 13.2. The molecule has 0 saturated carbocycles. The number of aromatic nitrogens is 2. The van der Waals surface area contributed by atoms with E-state index in [-0.39, 0.29) is 6.42 Å². The van der Waals surface area contributed by atoms with Crippen LogP contribution in [0.3, 0.4) is 0 Å². The fraction of sp³-hybridized carbons (Fsp3) is 0.350. The van der Waals surface area contributed by atoms with E-state index in [2.05, 4.69) is 10.3 Å². The first kappa shape index (κ1) is 18.8. The zero-order valence-corrected chi connectivity index (χ0v) is 15.4. The van der Waals surface area contributed by atoms with Crippen LogP contribution in [0.2, 0.25) is 0 Å². The smallest absolute Gasteiger partial charge is 0.367 e. The predicted molar refractivity (Wildman–Crippen MR) is 98.0 cm³/mol. The largest absolute Gasteiger partial charge is 0.411 e. The highest BCUT2D eigenvalue weighted by atomic mass is 19.4. The van der Waals surface area contributed by atoms with Crippen LogP contribution in [-0.4, -0.2) is 27.3 Å². The third-order valence-electron chi connectivity index (χ3n) is 5.16. The van der Waals surface area contributed by atoms with Crippen molar-refractivity contribution in [2.24, 2.45) is 0 Å². The molecule has 0 spiro atoms. The van der Waals surface area contributed by atoms with Gasteiger partial charge in [-0.15, -0.1) is 0 Å². The fourth-order valence-electron chi connectivity index (χ4n) is 3.63. The van der Waals surface area contributed by atoms with Crippen molar-refractivity contribution in [3.05, 3.63) is 65.1 Å². The zero-order valence-electron chi connectivity index (χ0n) is 15.4. The lowest BCUT2D eigenvalue weighted by Gasteiger charge is -2.40. The van der Waals surface area contributed by atoms with E-state index in [1.54, 1.807) is 42.6 Å². The molecule has 148 valence electrons. The Balaban J connectivity index is 1.84. The monoisotopic (exact) mass is 391 g/mol. The lowest BCUT2D eigenvalue weighted by atomic mass is 9.88. The van der Waals surface area contributed by atoms with Crippen molar-refractivity contribution in [3.63, 3.8) is 0 Å². The third-order valence-corrected chi connectivity index (χ3v) is 5.16. The number of hydrogen-bond donors (Lipinski definition) is 2. The molecule has 1 aliphatic heterocycles. The van der Waals surface area contributed by atoms with Crippen molar-refractivity contribution in [2.45, 2.75) is 38.3 Å². The summed E-state index contributed by atoms with van der Waals surface area (Å²) < 4.78 is 45.4. The minimum absolute atomic E-state index is 0.0606. The Kier molecular flexibility index (Phi) is 4.35. The molecule has 2 atom stereocenters. The fourth-order valence-corrected chi connectivity index (χ4v) is 3.63.